The summed E-state index contributed by atoms with van der Waals surface area (Å²) in [6.45, 7) is 0. The van der Waals surface area contributed by atoms with Gasteiger partial charge in [-0.25, -0.2) is 4.39 Å². The van der Waals surface area contributed by atoms with Crippen molar-refractivity contribution < 1.29 is 19.0 Å². The molecule has 19 heavy (non-hydrogen) atoms. The standard InChI is InChI=1S/C14H20FNO3/c1-18-11-6-9(10(15)7-12(11)19-2)13(16)14(17)8-4-3-5-8/h6-8,13-14,17H,3-5,16H2,1-2H3/t13-,14+/m0/s1. The van der Waals surface area contributed by atoms with Crippen molar-refractivity contribution in [3.05, 3.63) is 23.5 Å². The summed E-state index contributed by atoms with van der Waals surface area (Å²) in [5.74, 6) is 0.412. The predicted molar refractivity (Wildman–Crippen MR) is 69.8 cm³/mol. The summed E-state index contributed by atoms with van der Waals surface area (Å²) in [4.78, 5) is 0. The van der Waals surface area contributed by atoms with E-state index >= 15 is 0 Å². The normalized spacial score (nSPS) is 18.6. The average Bonchev–Trinajstić information content (AvgIpc) is 2.35. The van der Waals surface area contributed by atoms with E-state index in [4.69, 9.17) is 15.2 Å². The lowest BCUT2D eigenvalue weighted by Crippen LogP contribution is -2.36. The van der Waals surface area contributed by atoms with Gasteiger partial charge >= 0.3 is 0 Å². The zero-order chi connectivity index (χ0) is 14.0. The van der Waals surface area contributed by atoms with Crippen LogP contribution in [0.1, 0.15) is 30.9 Å². The highest BCUT2D eigenvalue weighted by atomic mass is 19.1. The van der Waals surface area contributed by atoms with Crippen LogP contribution < -0.4 is 15.2 Å². The largest absolute Gasteiger partial charge is 0.493 e. The molecule has 5 heteroatoms. The molecule has 0 saturated heterocycles. The van der Waals surface area contributed by atoms with Crippen LogP contribution in [0.4, 0.5) is 4.39 Å². The number of halogens is 1. The molecule has 1 aromatic rings. The molecule has 1 saturated carbocycles. The highest BCUT2D eigenvalue weighted by Gasteiger charge is 2.32. The maximum atomic E-state index is 14.0. The molecule has 0 spiro atoms. The molecule has 1 aliphatic carbocycles. The quantitative estimate of drug-likeness (QED) is 0.858. The number of nitrogens with two attached hydrogens (primary N) is 1. The van der Waals surface area contributed by atoms with E-state index in [0.29, 0.717) is 11.5 Å². The first-order valence-corrected chi connectivity index (χ1v) is 6.43. The highest BCUT2D eigenvalue weighted by Crippen LogP contribution is 2.37. The van der Waals surface area contributed by atoms with Crippen molar-refractivity contribution >= 4 is 0 Å². The second kappa shape index (κ2) is 5.75. The van der Waals surface area contributed by atoms with Crippen LogP contribution in [0.25, 0.3) is 0 Å². The molecule has 4 nitrogen and oxygen atoms in total. The molecule has 0 aromatic heterocycles. The zero-order valence-corrected chi connectivity index (χ0v) is 11.2. The fraction of sp³-hybridized carbons (Fsp3) is 0.571. The molecular formula is C14H20FNO3. The minimum absolute atomic E-state index is 0.169. The third-order valence-electron chi connectivity index (χ3n) is 3.86. The Hall–Kier alpha value is -1.33. The summed E-state index contributed by atoms with van der Waals surface area (Å²) in [6, 6.07) is 1.99. The lowest BCUT2D eigenvalue weighted by molar-refractivity contribution is 0.0404. The third-order valence-corrected chi connectivity index (χ3v) is 3.86. The minimum atomic E-state index is -0.745. The number of hydrogen-bond acceptors (Lipinski definition) is 4. The molecule has 3 N–H and O–H groups in total. The van der Waals surface area contributed by atoms with E-state index in [-0.39, 0.29) is 11.5 Å². The molecule has 1 fully saturated rings. The Kier molecular flexibility index (Phi) is 4.27. The van der Waals surface area contributed by atoms with E-state index < -0.39 is 18.0 Å². The molecule has 0 heterocycles. The van der Waals surface area contributed by atoms with Gasteiger partial charge in [0, 0.05) is 11.6 Å². The highest BCUT2D eigenvalue weighted by molar-refractivity contribution is 5.45. The van der Waals surface area contributed by atoms with E-state index in [1.54, 1.807) is 0 Å². The summed E-state index contributed by atoms with van der Waals surface area (Å²) < 4.78 is 24.2. The van der Waals surface area contributed by atoms with Gasteiger partial charge in [-0.15, -0.1) is 0 Å². The van der Waals surface area contributed by atoms with E-state index in [1.807, 2.05) is 0 Å². The number of rotatable bonds is 5. The smallest absolute Gasteiger partial charge is 0.163 e. The van der Waals surface area contributed by atoms with Crippen LogP contribution in [0, 0.1) is 11.7 Å². The third kappa shape index (κ3) is 2.67. The molecule has 2 rings (SSSR count). The summed E-state index contributed by atoms with van der Waals surface area (Å²) in [5.41, 5.74) is 6.24. The SMILES string of the molecule is COc1cc(F)c([C@H](N)[C@H](O)C2CCC2)cc1OC. The molecular weight excluding hydrogens is 249 g/mol. The Morgan fingerprint density at radius 2 is 1.84 bits per heavy atom. The lowest BCUT2D eigenvalue weighted by atomic mass is 9.77. The van der Waals surface area contributed by atoms with Gasteiger partial charge in [0.25, 0.3) is 0 Å². The van der Waals surface area contributed by atoms with Gasteiger partial charge in [0.1, 0.15) is 5.82 Å². The summed E-state index contributed by atoms with van der Waals surface area (Å²) in [6.07, 6.45) is 2.28. The Bertz CT molecular complexity index is 449. The van der Waals surface area contributed by atoms with Gasteiger partial charge in [-0.1, -0.05) is 6.42 Å². The average molecular weight is 269 g/mol. The van der Waals surface area contributed by atoms with Crippen molar-refractivity contribution in [3.8, 4) is 11.5 Å². The Morgan fingerprint density at radius 1 is 1.26 bits per heavy atom. The van der Waals surface area contributed by atoms with Gasteiger partial charge in [-0.05, 0) is 24.8 Å². The molecule has 0 amide bonds. The van der Waals surface area contributed by atoms with Crippen LogP contribution in [0.5, 0.6) is 11.5 Å². The number of ether oxygens (including phenoxy) is 2. The number of aliphatic hydroxyl groups excluding tert-OH is 1. The summed E-state index contributed by atoms with van der Waals surface area (Å²) in [7, 11) is 2.92. The summed E-state index contributed by atoms with van der Waals surface area (Å²) >= 11 is 0. The maximum Gasteiger partial charge on any atom is 0.163 e. The fourth-order valence-corrected chi connectivity index (χ4v) is 2.38. The van der Waals surface area contributed by atoms with Crippen molar-refractivity contribution in [1.82, 2.24) is 0 Å². The zero-order valence-electron chi connectivity index (χ0n) is 11.2. The number of hydrogen-bond donors (Lipinski definition) is 2. The molecule has 0 unspecified atom stereocenters. The Labute approximate surface area is 112 Å². The van der Waals surface area contributed by atoms with Crippen molar-refractivity contribution in [2.24, 2.45) is 11.7 Å². The number of benzene rings is 1. The number of aliphatic hydroxyl groups is 1. The molecule has 106 valence electrons. The van der Waals surface area contributed by atoms with E-state index in [9.17, 15) is 9.50 Å². The van der Waals surface area contributed by atoms with Gasteiger partial charge in [0.2, 0.25) is 0 Å². The maximum absolute atomic E-state index is 14.0. The van der Waals surface area contributed by atoms with Crippen LogP contribution >= 0.6 is 0 Å². The molecule has 0 radical (unpaired) electrons. The van der Waals surface area contributed by atoms with Gasteiger partial charge in [0.05, 0.1) is 26.4 Å². The van der Waals surface area contributed by atoms with Crippen molar-refractivity contribution in [1.29, 1.82) is 0 Å². The van der Waals surface area contributed by atoms with Gasteiger partial charge in [-0.2, -0.15) is 0 Å². The summed E-state index contributed by atoms with van der Waals surface area (Å²) in [5, 5.41) is 10.1. The van der Waals surface area contributed by atoms with E-state index in [2.05, 4.69) is 0 Å². The van der Waals surface area contributed by atoms with Crippen molar-refractivity contribution in [2.75, 3.05) is 14.2 Å². The van der Waals surface area contributed by atoms with Crippen LogP contribution in [0.2, 0.25) is 0 Å². The first-order chi connectivity index (χ1) is 9.08. The lowest BCUT2D eigenvalue weighted by Gasteiger charge is -2.34. The predicted octanol–water partition coefficient (Wildman–Crippen LogP) is 2.00. The van der Waals surface area contributed by atoms with Gasteiger partial charge in [-0.3, -0.25) is 0 Å². The molecule has 1 aromatic carbocycles. The van der Waals surface area contributed by atoms with Gasteiger partial charge < -0.3 is 20.3 Å². The fourth-order valence-electron chi connectivity index (χ4n) is 2.38. The minimum Gasteiger partial charge on any atom is -0.493 e. The molecule has 0 bridgehead atoms. The van der Waals surface area contributed by atoms with Crippen LogP contribution in [-0.2, 0) is 0 Å². The first-order valence-electron chi connectivity index (χ1n) is 6.43. The second-order valence-electron chi connectivity index (χ2n) is 4.94. The van der Waals surface area contributed by atoms with Crippen molar-refractivity contribution in [3.63, 3.8) is 0 Å². The Balaban J connectivity index is 2.27. The Morgan fingerprint density at radius 3 is 2.32 bits per heavy atom. The second-order valence-corrected chi connectivity index (χ2v) is 4.94. The van der Waals surface area contributed by atoms with Gasteiger partial charge in [0.15, 0.2) is 11.5 Å². The van der Waals surface area contributed by atoms with Crippen molar-refractivity contribution in [2.45, 2.75) is 31.4 Å². The molecule has 0 aliphatic heterocycles. The first kappa shape index (κ1) is 14.1. The molecule has 1 aliphatic rings. The monoisotopic (exact) mass is 269 g/mol. The molecule has 2 atom stereocenters. The van der Waals surface area contributed by atoms with Crippen LogP contribution in [0.3, 0.4) is 0 Å². The number of methoxy groups -OCH3 is 2. The van der Waals surface area contributed by atoms with E-state index in [0.717, 1.165) is 19.3 Å². The van der Waals surface area contributed by atoms with E-state index in [1.165, 1.54) is 26.4 Å². The topological polar surface area (TPSA) is 64.7 Å². The van der Waals surface area contributed by atoms with Crippen LogP contribution in [0.15, 0.2) is 12.1 Å². The van der Waals surface area contributed by atoms with Crippen LogP contribution in [-0.4, -0.2) is 25.4 Å².